The van der Waals surface area contributed by atoms with Crippen molar-refractivity contribution in [1.29, 1.82) is 0 Å². The number of carbonyl (C=O) groups excluding carboxylic acids is 1. The molecule has 1 aliphatic heterocycles. The smallest absolute Gasteiger partial charge is 0.225 e. The molecule has 16 heavy (non-hydrogen) atoms. The molecule has 3 nitrogen and oxygen atoms in total. The number of nitrogens with one attached hydrogen (secondary N) is 2. The Kier molecular flexibility index (Phi) is 4.36. The Bertz CT molecular complexity index is 316. The van der Waals surface area contributed by atoms with Crippen LogP contribution in [0, 0.1) is 0 Å². The van der Waals surface area contributed by atoms with E-state index in [1.54, 1.807) is 11.3 Å². The lowest BCUT2D eigenvalue weighted by Crippen LogP contribution is -2.41. The summed E-state index contributed by atoms with van der Waals surface area (Å²) < 4.78 is 0. The molecule has 1 aromatic heterocycles. The third-order valence-electron chi connectivity index (χ3n) is 2.83. The Hall–Kier alpha value is -0.870. The number of amides is 1. The third-order valence-corrected chi connectivity index (χ3v) is 3.70. The molecule has 0 radical (unpaired) electrons. The molecule has 0 saturated carbocycles. The van der Waals surface area contributed by atoms with E-state index in [1.807, 2.05) is 17.5 Å². The average molecular weight is 238 g/mol. The van der Waals surface area contributed by atoms with Gasteiger partial charge in [-0.3, -0.25) is 4.79 Å². The van der Waals surface area contributed by atoms with E-state index in [9.17, 15) is 4.79 Å². The van der Waals surface area contributed by atoms with Gasteiger partial charge < -0.3 is 10.6 Å². The summed E-state index contributed by atoms with van der Waals surface area (Å²) in [5.74, 6) is 0.149. The lowest BCUT2D eigenvalue weighted by molar-refractivity contribution is -0.121. The van der Waals surface area contributed by atoms with Gasteiger partial charge in [-0.05, 0) is 30.8 Å². The van der Waals surface area contributed by atoms with Crippen LogP contribution in [0.1, 0.15) is 24.1 Å². The van der Waals surface area contributed by atoms with E-state index < -0.39 is 0 Å². The van der Waals surface area contributed by atoms with Gasteiger partial charge in [-0.2, -0.15) is 0 Å². The molecule has 0 aliphatic carbocycles. The molecule has 2 N–H and O–H groups in total. The summed E-state index contributed by atoms with van der Waals surface area (Å²) in [5.41, 5.74) is 0. The van der Waals surface area contributed by atoms with Crippen molar-refractivity contribution in [1.82, 2.24) is 10.6 Å². The van der Waals surface area contributed by atoms with Crippen LogP contribution in [0.5, 0.6) is 0 Å². The van der Waals surface area contributed by atoms with Gasteiger partial charge in [0.2, 0.25) is 5.91 Å². The highest BCUT2D eigenvalue weighted by molar-refractivity contribution is 7.10. The van der Waals surface area contributed by atoms with Crippen molar-refractivity contribution in [3.63, 3.8) is 0 Å². The summed E-state index contributed by atoms with van der Waals surface area (Å²) in [6, 6.07) is 4.31. The summed E-state index contributed by atoms with van der Waals surface area (Å²) in [7, 11) is 0. The molecule has 0 aromatic carbocycles. The molecule has 1 aromatic rings. The van der Waals surface area contributed by atoms with E-state index in [0.29, 0.717) is 12.5 Å². The van der Waals surface area contributed by atoms with E-state index >= 15 is 0 Å². The second-order valence-electron chi connectivity index (χ2n) is 4.22. The van der Waals surface area contributed by atoms with Crippen LogP contribution in [0.15, 0.2) is 17.5 Å². The van der Waals surface area contributed by atoms with Gasteiger partial charge in [0.05, 0.1) is 6.42 Å². The monoisotopic (exact) mass is 238 g/mol. The molecular weight excluding hydrogens is 220 g/mol. The number of hydrogen-bond donors (Lipinski definition) is 2. The van der Waals surface area contributed by atoms with Crippen molar-refractivity contribution < 1.29 is 4.79 Å². The van der Waals surface area contributed by atoms with Gasteiger partial charge >= 0.3 is 0 Å². The van der Waals surface area contributed by atoms with Crippen LogP contribution in [0.2, 0.25) is 0 Å². The summed E-state index contributed by atoms with van der Waals surface area (Å²) in [6.45, 7) is 1.99. The summed E-state index contributed by atoms with van der Waals surface area (Å²) in [4.78, 5) is 12.9. The first-order valence-corrected chi connectivity index (χ1v) is 6.75. The summed E-state index contributed by atoms with van der Waals surface area (Å²) in [6.07, 6.45) is 4.05. The maximum Gasteiger partial charge on any atom is 0.225 e. The first-order valence-electron chi connectivity index (χ1n) is 5.87. The zero-order chi connectivity index (χ0) is 11.2. The Morgan fingerprint density at radius 3 is 3.31 bits per heavy atom. The fourth-order valence-electron chi connectivity index (χ4n) is 1.99. The van der Waals surface area contributed by atoms with E-state index in [1.165, 1.54) is 12.8 Å². The highest BCUT2D eigenvalue weighted by Crippen LogP contribution is 2.10. The molecule has 1 atom stereocenters. The van der Waals surface area contributed by atoms with Crippen molar-refractivity contribution in [2.45, 2.75) is 31.7 Å². The highest BCUT2D eigenvalue weighted by Gasteiger charge is 2.14. The maximum atomic E-state index is 11.8. The standard InChI is InChI=1S/C12H18N2OS/c15-12(8-11-5-3-7-16-11)14-10-4-1-2-6-13-9-10/h3,5,7,10,13H,1-2,4,6,8-9H2,(H,14,15). The van der Waals surface area contributed by atoms with Crippen molar-refractivity contribution in [2.24, 2.45) is 0 Å². The fraction of sp³-hybridized carbons (Fsp3) is 0.583. The van der Waals surface area contributed by atoms with Gasteiger partial charge in [-0.15, -0.1) is 11.3 Å². The van der Waals surface area contributed by atoms with Crippen molar-refractivity contribution >= 4 is 17.2 Å². The van der Waals surface area contributed by atoms with Gasteiger partial charge in [0.15, 0.2) is 0 Å². The van der Waals surface area contributed by atoms with Crippen LogP contribution in [-0.2, 0) is 11.2 Å². The zero-order valence-corrected chi connectivity index (χ0v) is 10.2. The highest BCUT2D eigenvalue weighted by atomic mass is 32.1. The molecule has 2 heterocycles. The van der Waals surface area contributed by atoms with Gasteiger partial charge in [-0.25, -0.2) is 0 Å². The van der Waals surface area contributed by atoms with Crippen LogP contribution in [0.4, 0.5) is 0 Å². The second-order valence-corrected chi connectivity index (χ2v) is 5.25. The van der Waals surface area contributed by atoms with E-state index in [-0.39, 0.29) is 5.91 Å². The molecule has 1 unspecified atom stereocenters. The first kappa shape index (κ1) is 11.6. The molecule has 4 heteroatoms. The molecule has 1 aliphatic rings. The SMILES string of the molecule is O=C(Cc1cccs1)NC1CCCCNC1. The van der Waals surface area contributed by atoms with Crippen LogP contribution in [0.3, 0.4) is 0 Å². The maximum absolute atomic E-state index is 11.8. The van der Waals surface area contributed by atoms with Crippen LogP contribution < -0.4 is 10.6 Å². The fourth-order valence-corrected chi connectivity index (χ4v) is 2.70. The molecule has 1 amide bonds. The van der Waals surface area contributed by atoms with E-state index in [4.69, 9.17) is 0 Å². The zero-order valence-electron chi connectivity index (χ0n) is 9.37. The predicted octanol–water partition coefficient (Wildman–Crippen LogP) is 1.55. The van der Waals surface area contributed by atoms with Gasteiger partial charge in [-0.1, -0.05) is 12.5 Å². The van der Waals surface area contributed by atoms with Gasteiger partial charge in [0, 0.05) is 17.5 Å². The van der Waals surface area contributed by atoms with Crippen LogP contribution in [-0.4, -0.2) is 25.0 Å². The summed E-state index contributed by atoms with van der Waals surface area (Å²) >= 11 is 1.64. The number of thiophene rings is 1. The number of carbonyl (C=O) groups is 1. The van der Waals surface area contributed by atoms with Gasteiger partial charge in [0.1, 0.15) is 0 Å². The average Bonchev–Trinajstić information content (AvgIpc) is 2.62. The Balaban J connectivity index is 1.77. The normalized spacial score (nSPS) is 21.4. The van der Waals surface area contributed by atoms with Crippen LogP contribution in [0.25, 0.3) is 0 Å². The molecule has 0 spiro atoms. The largest absolute Gasteiger partial charge is 0.352 e. The lowest BCUT2D eigenvalue weighted by Gasteiger charge is -2.15. The predicted molar refractivity (Wildman–Crippen MR) is 66.7 cm³/mol. The molecular formula is C12H18N2OS. The Morgan fingerprint density at radius 1 is 1.56 bits per heavy atom. The van der Waals surface area contributed by atoms with E-state index in [0.717, 1.165) is 24.4 Å². The van der Waals surface area contributed by atoms with E-state index in [2.05, 4.69) is 10.6 Å². The second kappa shape index (κ2) is 6.01. The quantitative estimate of drug-likeness (QED) is 0.839. The number of hydrogen-bond acceptors (Lipinski definition) is 3. The van der Waals surface area contributed by atoms with Crippen molar-refractivity contribution in [3.8, 4) is 0 Å². The Labute approximate surface area is 100 Å². The Morgan fingerprint density at radius 2 is 2.50 bits per heavy atom. The van der Waals surface area contributed by atoms with Crippen molar-refractivity contribution in [3.05, 3.63) is 22.4 Å². The molecule has 1 fully saturated rings. The number of rotatable bonds is 3. The molecule has 0 bridgehead atoms. The lowest BCUT2D eigenvalue weighted by atomic mass is 10.1. The minimum atomic E-state index is 0.149. The minimum Gasteiger partial charge on any atom is -0.352 e. The molecule has 2 rings (SSSR count). The third kappa shape index (κ3) is 3.61. The summed E-state index contributed by atoms with van der Waals surface area (Å²) in [5, 5.41) is 8.46. The molecule has 1 saturated heterocycles. The topological polar surface area (TPSA) is 41.1 Å². The van der Waals surface area contributed by atoms with Gasteiger partial charge in [0.25, 0.3) is 0 Å². The molecule has 88 valence electrons. The van der Waals surface area contributed by atoms with Crippen LogP contribution >= 0.6 is 11.3 Å². The van der Waals surface area contributed by atoms with Crippen molar-refractivity contribution in [2.75, 3.05) is 13.1 Å². The minimum absolute atomic E-state index is 0.149. The first-order chi connectivity index (χ1) is 7.84.